The summed E-state index contributed by atoms with van der Waals surface area (Å²) >= 11 is 0. The molecule has 0 saturated carbocycles. The average molecular weight is 358 g/mol. The Labute approximate surface area is 148 Å². The molecular formula is C19H22N2O3S. The van der Waals surface area contributed by atoms with Gasteiger partial charge >= 0.3 is 0 Å². The van der Waals surface area contributed by atoms with Gasteiger partial charge in [0.05, 0.1) is 4.90 Å². The fourth-order valence-electron chi connectivity index (χ4n) is 3.08. The van der Waals surface area contributed by atoms with Crippen molar-refractivity contribution in [3.8, 4) is 0 Å². The van der Waals surface area contributed by atoms with E-state index in [1.54, 1.807) is 12.1 Å². The minimum Gasteiger partial charge on any atom is -0.371 e. The van der Waals surface area contributed by atoms with Crippen molar-refractivity contribution in [3.05, 3.63) is 60.2 Å². The van der Waals surface area contributed by atoms with Gasteiger partial charge in [0.2, 0.25) is 0 Å². The van der Waals surface area contributed by atoms with Crippen LogP contribution in [0.25, 0.3) is 0 Å². The van der Waals surface area contributed by atoms with E-state index in [9.17, 15) is 13.2 Å². The summed E-state index contributed by atoms with van der Waals surface area (Å²) in [5.41, 5.74) is 1.58. The van der Waals surface area contributed by atoms with Gasteiger partial charge in [-0.3, -0.25) is 4.79 Å². The van der Waals surface area contributed by atoms with Gasteiger partial charge < -0.3 is 10.2 Å². The van der Waals surface area contributed by atoms with Crippen LogP contribution in [0.1, 0.15) is 16.8 Å². The molecule has 25 heavy (non-hydrogen) atoms. The van der Waals surface area contributed by atoms with Gasteiger partial charge in [-0.2, -0.15) is 0 Å². The highest BCUT2D eigenvalue weighted by Gasteiger charge is 2.23. The molecule has 6 heteroatoms. The normalized spacial score (nSPS) is 17.5. The van der Waals surface area contributed by atoms with Gasteiger partial charge in [-0.1, -0.05) is 24.3 Å². The molecule has 0 spiro atoms. The molecule has 1 aliphatic rings. The highest BCUT2D eigenvalue weighted by Crippen LogP contribution is 2.23. The van der Waals surface area contributed by atoms with Crippen molar-refractivity contribution in [1.82, 2.24) is 5.32 Å². The summed E-state index contributed by atoms with van der Waals surface area (Å²) in [5, 5.41) is 2.93. The Kier molecular flexibility index (Phi) is 5.08. The van der Waals surface area contributed by atoms with Crippen LogP contribution in [0.15, 0.2) is 59.5 Å². The standard InChI is InChI=1S/C19H22N2O3S/c1-25(23,24)18-9-5-6-16(12-18)19(22)20-13-15-10-11-21(14-15)17-7-3-2-4-8-17/h2-9,12,15H,10-11,13-14H2,1H3,(H,20,22). The lowest BCUT2D eigenvalue weighted by Gasteiger charge is -2.18. The Morgan fingerprint density at radius 3 is 2.64 bits per heavy atom. The van der Waals surface area contributed by atoms with Crippen molar-refractivity contribution in [3.63, 3.8) is 0 Å². The second-order valence-electron chi connectivity index (χ2n) is 6.45. The Hall–Kier alpha value is -2.34. The molecule has 5 nitrogen and oxygen atoms in total. The first kappa shape index (κ1) is 17.5. The SMILES string of the molecule is CS(=O)(=O)c1cccc(C(=O)NCC2CCN(c3ccccc3)C2)c1. The monoisotopic (exact) mass is 358 g/mol. The molecule has 2 aromatic carbocycles. The topological polar surface area (TPSA) is 66.5 Å². The molecule has 2 aromatic rings. The van der Waals surface area contributed by atoms with Gasteiger partial charge in [0.25, 0.3) is 5.91 Å². The summed E-state index contributed by atoms with van der Waals surface area (Å²) in [4.78, 5) is 14.8. The lowest BCUT2D eigenvalue weighted by atomic mass is 10.1. The quantitative estimate of drug-likeness (QED) is 0.891. The Balaban J connectivity index is 1.57. The first-order valence-electron chi connectivity index (χ1n) is 8.32. The second-order valence-corrected chi connectivity index (χ2v) is 8.46. The maximum atomic E-state index is 12.3. The van der Waals surface area contributed by atoms with E-state index >= 15 is 0 Å². The molecule has 132 valence electrons. The molecule has 1 saturated heterocycles. The summed E-state index contributed by atoms with van der Waals surface area (Å²) < 4.78 is 23.2. The molecule has 0 radical (unpaired) electrons. The molecule has 1 aliphatic heterocycles. The number of rotatable bonds is 5. The van der Waals surface area contributed by atoms with Gasteiger partial charge in [-0.25, -0.2) is 8.42 Å². The highest BCUT2D eigenvalue weighted by atomic mass is 32.2. The number of carbonyl (C=O) groups is 1. The predicted octanol–water partition coefficient (Wildman–Crippen LogP) is 2.35. The number of hydrogen-bond donors (Lipinski definition) is 1. The highest BCUT2D eigenvalue weighted by molar-refractivity contribution is 7.90. The van der Waals surface area contributed by atoms with E-state index in [0.29, 0.717) is 18.0 Å². The van der Waals surface area contributed by atoms with E-state index in [0.717, 1.165) is 25.8 Å². The van der Waals surface area contributed by atoms with Crippen LogP contribution in [0, 0.1) is 5.92 Å². The maximum Gasteiger partial charge on any atom is 0.251 e. The van der Waals surface area contributed by atoms with E-state index in [4.69, 9.17) is 0 Å². The third kappa shape index (κ3) is 4.39. The second kappa shape index (κ2) is 7.27. The molecular weight excluding hydrogens is 336 g/mol. The Bertz CT molecular complexity index is 850. The third-order valence-electron chi connectivity index (χ3n) is 4.48. The number of nitrogens with zero attached hydrogens (tertiary/aromatic N) is 1. The van der Waals surface area contributed by atoms with Crippen molar-refractivity contribution >= 4 is 21.4 Å². The van der Waals surface area contributed by atoms with Crippen LogP contribution in [-0.2, 0) is 9.84 Å². The van der Waals surface area contributed by atoms with Gasteiger partial charge in [0.15, 0.2) is 9.84 Å². The smallest absolute Gasteiger partial charge is 0.251 e. The third-order valence-corrected chi connectivity index (χ3v) is 5.59. The molecule has 1 fully saturated rings. The summed E-state index contributed by atoms with van der Waals surface area (Å²) in [6.07, 6.45) is 2.17. The van der Waals surface area contributed by atoms with Crippen molar-refractivity contribution in [2.45, 2.75) is 11.3 Å². The van der Waals surface area contributed by atoms with Crippen LogP contribution in [-0.4, -0.2) is 40.2 Å². The minimum atomic E-state index is -3.31. The number of sulfone groups is 1. The van der Waals surface area contributed by atoms with Crippen molar-refractivity contribution in [2.24, 2.45) is 5.92 Å². The van der Waals surface area contributed by atoms with E-state index in [1.165, 1.54) is 17.8 Å². The van der Waals surface area contributed by atoms with Crippen LogP contribution in [0.2, 0.25) is 0 Å². The fourth-order valence-corrected chi connectivity index (χ4v) is 3.75. The van der Waals surface area contributed by atoms with E-state index < -0.39 is 9.84 Å². The molecule has 0 bridgehead atoms. The predicted molar refractivity (Wildman–Crippen MR) is 98.6 cm³/mol. The first-order chi connectivity index (χ1) is 11.9. The molecule has 1 amide bonds. The lowest BCUT2D eigenvalue weighted by molar-refractivity contribution is 0.0948. The molecule has 1 heterocycles. The largest absolute Gasteiger partial charge is 0.371 e. The summed E-state index contributed by atoms with van der Waals surface area (Å²) in [5.74, 6) is 0.158. The summed E-state index contributed by atoms with van der Waals surface area (Å²) in [6, 6.07) is 16.4. The zero-order chi connectivity index (χ0) is 17.9. The van der Waals surface area contributed by atoms with E-state index in [-0.39, 0.29) is 10.8 Å². The van der Waals surface area contributed by atoms with Crippen molar-refractivity contribution < 1.29 is 13.2 Å². The number of carbonyl (C=O) groups excluding carboxylic acids is 1. The van der Waals surface area contributed by atoms with Crippen molar-refractivity contribution in [2.75, 3.05) is 30.8 Å². The van der Waals surface area contributed by atoms with E-state index in [1.807, 2.05) is 18.2 Å². The number of hydrogen-bond acceptors (Lipinski definition) is 4. The fraction of sp³-hybridized carbons (Fsp3) is 0.316. The minimum absolute atomic E-state index is 0.163. The molecule has 1 unspecified atom stereocenters. The number of amides is 1. The molecule has 0 aromatic heterocycles. The number of para-hydroxylation sites is 1. The zero-order valence-electron chi connectivity index (χ0n) is 14.2. The van der Waals surface area contributed by atoms with Crippen LogP contribution >= 0.6 is 0 Å². The van der Waals surface area contributed by atoms with Gasteiger partial charge in [0.1, 0.15) is 0 Å². The average Bonchev–Trinajstić information content (AvgIpc) is 3.09. The Morgan fingerprint density at radius 2 is 1.92 bits per heavy atom. The number of benzene rings is 2. The zero-order valence-corrected chi connectivity index (χ0v) is 15.0. The Morgan fingerprint density at radius 1 is 1.16 bits per heavy atom. The molecule has 1 N–H and O–H groups in total. The van der Waals surface area contributed by atoms with Crippen LogP contribution in [0.3, 0.4) is 0 Å². The van der Waals surface area contributed by atoms with Gasteiger partial charge in [0, 0.05) is 37.1 Å². The number of anilines is 1. The first-order valence-corrected chi connectivity index (χ1v) is 10.2. The molecule has 0 aliphatic carbocycles. The van der Waals surface area contributed by atoms with Crippen molar-refractivity contribution in [1.29, 1.82) is 0 Å². The van der Waals surface area contributed by atoms with Crippen LogP contribution < -0.4 is 10.2 Å². The van der Waals surface area contributed by atoms with Gasteiger partial charge in [-0.05, 0) is 42.7 Å². The maximum absolute atomic E-state index is 12.3. The summed E-state index contributed by atoms with van der Waals surface area (Å²) in [6.45, 7) is 2.48. The van der Waals surface area contributed by atoms with Gasteiger partial charge in [-0.15, -0.1) is 0 Å². The lowest BCUT2D eigenvalue weighted by Crippen LogP contribution is -2.31. The van der Waals surface area contributed by atoms with Crippen LogP contribution in [0.4, 0.5) is 5.69 Å². The van der Waals surface area contributed by atoms with Crippen LogP contribution in [0.5, 0.6) is 0 Å². The molecule has 1 atom stereocenters. The van der Waals surface area contributed by atoms with E-state index in [2.05, 4.69) is 22.3 Å². The number of nitrogens with one attached hydrogen (secondary N) is 1. The summed E-state index contributed by atoms with van der Waals surface area (Å²) in [7, 11) is -3.31. The molecule has 3 rings (SSSR count).